The lowest BCUT2D eigenvalue weighted by Gasteiger charge is -2.23. The summed E-state index contributed by atoms with van der Waals surface area (Å²) in [7, 11) is 6.38. The molecule has 0 spiro atoms. The average Bonchev–Trinajstić information content (AvgIpc) is 2.90. The number of halogens is 2. The van der Waals surface area contributed by atoms with Crippen LogP contribution in [0, 0.1) is 0 Å². The second-order valence-corrected chi connectivity index (χ2v) is 11.5. The number of hydrogen-bond acceptors (Lipinski definition) is 4. The summed E-state index contributed by atoms with van der Waals surface area (Å²) in [5, 5.41) is 3.73. The van der Waals surface area contributed by atoms with Crippen LogP contribution in [0.5, 0.6) is 11.5 Å². The highest BCUT2D eigenvalue weighted by Gasteiger charge is 2.14. The van der Waals surface area contributed by atoms with Crippen LogP contribution in [0.4, 0.5) is 5.69 Å². The zero-order valence-corrected chi connectivity index (χ0v) is 25.1. The fraction of sp³-hybridized carbons (Fsp3) is 0.375. The Morgan fingerprint density at radius 1 is 0.775 bits per heavy atom. The normalized spacial score (nSPS) is 11.2. The molecule has 40 heavy (non-hydrogen) atoms. The summed E-state index contributed by atoms with van der Waals surface area (Å²) in [5.74, 6) is 0.671. The van der Waals surface area contributed by atoms with Gasteiger partial charge in [0.05, 0.1) is 44.8 Å². The lowest BCUT2D eigenvalue weighted by atomic mass is 10.1. The molecule has 0 atom stereocenters. The van der Waals surface area contributed by atoms with E-state index in [0.717, 1.165) is 60.9 Å². The molecule has 0 bridgehead atoms. The van der Waals surface area contributed by atoms with E-state index < -0.39 is 5.97 Å². The first-order valence-electron chi connectivity index (χ1n) is 13.7. The van der Waals surface area contributed by atoms with Crippen molar-refractivity contribution in [2.75, 3.05) is 34.3 Å². The standard InChI is InChI=1S/C32H38Cl2N2O4/c1-36(2,3)26-13-10-24(11-14-26)22-31(37)35-20-8-6-4-5-7-9-21-39-27-15-17-28(18-16-27)40-32(38)29-19-12-25(33)23-30(29)34/h10-19,23H,4-9,20-22H2,1-3H3/p+1. The van der Waals surface area contributed by atoms with Crippen molar-refractivity contribution in [1.29, 1.82) is 0 Å². The first-order valence-corrected chi connectivity index (χ1v) is 14.4. The molecule has 0 saturated heterocycles. The van der Waals surface area contributed by atoms with E-state index in [1.807, 2.05) is 12.1 Å². The van der Waals surface area contributed by atoms with E-state index in [1.165, 1.54) is 17.8 Å². The van der Waals surface area contributed by atoms with Crippen molar-refractivity contribution >= 4 is 40.8 Å². The summed E-state index contributed by atoms with van der Waals surface area (Å²) < 4.78 is 11.9. The van der Waals surface area contributed by atoms with Gasteiger partial charge in [-0.05, 0) is 73.0 Å². The highest BCUT2D eigenvalue weighted by Crippen LogP contribution is 2.24. The van der Waals surface area contributed by atoms with Crippen LogP contribution in [0.1, 0.15) is 54.4 Å². The molecule has 1 N–H and O–H groups in total. The van der Waals surface area contributed by atoms with Crippen molar-refractivity contribution in [3.05, 3.63) is 87.9 Å². The summed E-state index contributed by atoms with van der Waals surface area (Å²) in [6.45, 7) is 1.35. The summed E-state index contributed by atoms with van der Waals surface area (Å²) in [6.07, 6.45) is 6.84. The molecule has 0 aromatic heterocycles. The monoisotopic (exact) mass is 585 g/mol. The number of benzene rings is 3. The summed E-state index contributed by atoms with van der Waals surface area (Å²) in [6, 6.07) is 19.8. The molecule has 0 heterocycles. The van der Waals surface area contributed by atoms with Gasteiger partial charge >= 0.3 is 5.97 Å². The molecular formula is C32H39Cl2N2O4+. The van der Waals surface area contributed by atoms with Crippen LogP contribution >= 0.6 is 23.2 Å². The second kappa shape index (κ2) is 15.7. The Bertz CT molecular complexity index is 1240. The fourth-order valence-electron chi connectivity index (χ4n) is 4.08. The van der Waals surface area contributed by atoms with E-state index in [9.17, 15) is 9.59 Å². The maximum Gasteiger partial charge on any atom is 0.345 e. The molecule has 0 unspecified atom stereocenters. The molecular weight excluding hydrogens is 547 g/mol. The van der Waals surface area contributed by atoms with Crippen molar-refractivity contribution in [3.8, 4) is 11.5 Å². The highest BCUT2D eigenvalue weighted by molar-refractivity contribution is 6.36. The van der Waals surface area contributed by atoms with E-state index >= 15 is 0 Å². The zero-order chi connectivity index (χ0) is 29.0. The molecule has 3 aromatic carbocycles. The summed E-state index contributed by atoms with van der Waals surface area (Å²) >= 11 is 11.9. The Labute approximate surface area is 247 Å². The van der Waals surface area contributed by atoms with Crippen LogP contribution in [-0.4, -0.2) is 46.2 Å². The van der Waals surface area contributed by atoms with Gasteiger partial charge in [0.2, 0.25) is 5.91 Å². The number of unbranched alkanes of at least 4 members (excludes halogenated alkanes) is 5. The van der Waals surface area contributed by atoms with Crippen LogP contribution in [0.15, 0.2) is 66.7 Å². The molecule has 8 heteroatoms. The molecule has 0 aliphatic heterocycles. The van der Waals surface area contributed by atoms with Crippen LogP contribution in [0.2, 0.25) is 10.0 Å². The van der Waals surface area contributed by atoms with Crippen molar-refractivity contribution in [2.45, 2.75) is 44.9 Å². The smallest absolute Gasteiger partial charge is 0.345 e. The van der Waals surface area contributed by atoms with Crippen molar-refractivity contribution in [1.82, 2.24) is 9.80 Å². The van der Waals surface area contributed by atoms with Crippen LogP contribution in [0.25, 0.3) is 0 Å². The Balaban J connectivity index is 1.20. The number of carbonyl (C=O) groups is 2. The van der Waals surface area contributed by atoms with Crippen LogP contribution in [-0.2, 0) is 11.2 Å². The molecule has 0 aliphatic carbocycles. The first-order chi connectivity index (χ1) is 19.1. The predicted molar refractivity (Wildman–Crippen MR) is 164 cm³/mol. The number of nitrogens with zero attached hydrogens (tertiary/aromatic N) is 1. The lowest BCUT2D eigenvalue weighted by molar-refractivity contribution is -0.120. The fourth-order valence-corrected chi connectivity index (χ4v) is 4.57. The predicted octanol–water partition coefficient (Wildman–Crippen LogP) is 7.49. The number of rotatable bonds is 15. The van der Waals surface area contributed by atoms with Gasteiger partial charge in [0.25, 0.3) is 0 Å². The number of esters is 1. The minimum Gasteiger partial charge on any atom is -0.494 e. The van der Waals surface area contributed by atoms with Gasteiger partial charge in [0, 0.05) is 11.6 Å². The number of carbonyl (C=O) groups excluding carboxylic acids is 2. The Morgan fingerprint density at radius 2 is 1.40 bits per heavy atom. The van der Waals surface area contributed by atoms with Crippen molar-refractivity contribution in [3.63, 3.8) is 0 Å². The van der Waals surface area contributed by atoms with Crippen molar-refractivity contribution in [2.24, 2.45) is 0 Å². The van der Waals surface area contributed by atoms with E-state index in [2.05, 4.69) is 38.6 Å². The minimum atomic E-state index is -0.542. The summed E-state index contributed by atoms with van der Waals surface area (Å²) in [4.78, 5) is 24.5. The SMILES string of the molecule is C[N+](C)(C)c1ccc(CC(=O)NCCCCCCCCOc2ccc(OC(=O)c3ccc(Cl)cc3Cl)cc2)cc1. The minimum absolute atomic E-state index is 0.0762. The van der Waals surface area contributed by atoms with E-state index in [0.29, 0.717) is 23.8 Å². The van der Waals surface area contributed by atoms with Gasteiger partial charge in [0.1, 0.15) is 17.2 Å². The largest absolute Gasteiger partial charge is 0.494 e. The third kappa shape index (κ3) is 10.8. The van der Waals surface area contributed by atoms with Gasteiger partial charge < -0.3 is 14.8 Å². The number of nitrogens with one attached hydrogen (secondary N) is 1. The Kier molecular flexibility index (Phi) is 12.3. The molecule has 0 saturated carbocycles. The van der Waals surface area contributed by atoms with Gasteiger partial charge in [-0.25, -0.2) is 4.79 Å². The first kappa shape index (κ1) is 31.5. The van der Waals surface area contributed by atoms with Crippen LogP contribution in [0.3, 0.4) is 0 Å². The van der Waals surface area contributed by atoms with Crippen LogP contribution < -0.4 is 19.3 Å². The topological polar surface area (TPSA) is 64.6 Å². The lowest BCUT2D eigenvalue weighted by Crippen LogP contribution is -2.34. The van der Waals surface area contributed by atoms with Gasteiger partial charge in [0.15, 0.2) is 0 Å². The molecule has 3 rings (SSSR count). The van der Waals surface area contributed by atoms with Gasteiger partial charge in [-0.3, -0.25) is 9.28 Å². The molecule has 1 amide bonds. The highest BCUT2D eigenvalue weighted by atomic mass is 35.5. The van der Waals surface area contributed by atoms with Gasteiger partial charge in [-0.15, -0.1) is 0 Å². The second-order valence-electron chi connectivity index (χ2n) is 10.7. The Hall–Kier alpha value is -3.06. The molecule has 3 aromatic rings. The summed E-state index contributed by atoms with van der Waals surface area (Å²) in [5.41, 5.74) is 2.51. The maximum atomic E-state index is 12.3. The Morgan fingerprint density at radius 3 is 2.05 bits per heavy atom. The maximum absolute atomic E-state index is 12.3. The molecule has 214 valence electrons. The number of ether oxygens (including phenoxy) is 2. The van der Waals surface area contributed by atoms with Crippen molar-refractivity contribution < 1.29 is 19.1 Å². The third-order valence-electron chi connectivity index (χ3n) is 6.42. The zero-order valence-electron chi connectivity index (χ0n) is 23.6. The molecule has 0 fully saturated rings. The van der Waals surface area contributed by atoms with Gasteiger partial charge in [-0.1, -0.05) is 61.0 Å². The number of hydrogen-bond donors (Lipinski definition) is 1. The molecule has 0 radical (unpaired) electrons. The van der Waals surface area contributed by atoms with Gasteiger partial charge in [-0.2, -0.15) is 0 Å². The molecule has 0 aliphatic rings. The van der Waals surface area contributed by atoms with E-state index in [-0.39, 0.29) is 16.5 Å². The van der Waals surface area contributed by atoms with E-state index in [1.54, 1.807) is 30.3 Å². The van der Waals surface area contributed by atoms with E-state index in [4.69, 9.17) is 32.7 Å². The average molecular weight is 587 g/mol. The quantitative estimate of drug-likeness (QED) is 0.0868. The number of amides is 1. The molecule has 6 nitrogen and oxygen atoms in total. The number of quaternary nitrogens is 1. The third-order valence-corrected chi connectivity index (χ3v) is 6.97.